The molecule has 9 heteroatoms. The van der Waals surface area contributed by atoms with E-state index in [2.05, 4.69) is 0 Å². The molecule has 2 fully saturated rings. The number of hydrogen-bond acceptors (Lipinski definition) is 7. The van der Waals surface area contributed by atoms with Crippen molar-refractivity contribution in [1.82, 2.24) is 0 Å². The molecule has 2 aliphatic carbocycles. The quantitative estimate of drug-likeness (QED) is 0.567. The third-order valence-electron chi connectivity index (χ3n) is 5.20. The molecule has 1 N–H and O–H groups in total. The van der Waals surface area contributed by atoms with Gasteiger partial charge in [-0.2, -0.15) is 8.42 Å². The summed E-state index contributed by atoms with van der Waals surface area (Å²) in [5, 5.41) is 0. The fourth-order valence-corrected chi connectivity index (χ4v) is 4.97. The van der Waals surface area contributed by atoms with Crippen molar-refractivity contribution >= 4 is 22.1 Å². The highest BCUT2D eigenvalue weighted by molar-refractivity contribution is 7.87. The third-order valence-corrected chi connectivity index (χ3v) is 6.64. The van der Waals surface area contributed by atoms with E-state index in [4.69, 9.17) is 14.2 Å². The van der Waals surface area contributed by atoms with Crippen LogP contribution in [-0.4, -0.2) is 50.2 Å². The molecule has 2 unspecified atom stereocenters. The van der Waals surface area contributed by atoms with Crippen molar-refractivity contribution in [2.75, 3.05) is 14.2 Å². The van der Waals surface area contributed by atoms with E-state index in [-0.39, 0.29) is 32.1 Å². The van der Waals surface area contributed by atoms with E-state index < -0.39 is 44.9 Å². The minimum atomic E-state index is -4.43. The van der Waals surface area contributed by atoms with Crippen LogP contribution >= 0.6 is 0 Å². The summed E-state index contributed by atoms with van der Waals surface area (Å²) in [6.07, 6.45) is 2.67. The molecule has 2 rings (SSSR count). The van der Waals surface area contributed by atoms with Crippen LogP contribution in [0.4, 0.5) is 0 Å². The monoisotopic (exact) mass is 378 g/mol. The van der Waals surface area contributed by atoms with Crippen LogP contribution < -0.4 is 0 Å². The number of ether oxygens (including phenoxy) is 3. The van der Waals surface area contributed by atoms with Gasteiger partial charge in [-0.3, -0.25) is 14.1 Å². The van der Waals surface area contributed by atoms with Gasteiger partial charge in [-0.1, -0.05) is 6.42 Å². The third kappa shape index (κ3) is 4.51. The Hall–Kier alpha value is -1.19. The number of carbonyl (C=O) groups is 2. The van der Waals surface area contributed by atoms with Gasteiger partial charge in [0.05, 0.1) is 32.2 Å². The van der Waals surface area contributed by atoms with Gasteiger partial charge in [0, 0.05) is 0 Å². The smallest absolute Gasteiger partial charge is 0.308 e. The first-order valence-electron chi connectivity index (χ1n) is 8.53. The van der Waals surface area contributed by atoms with Crippen molar-refractivity contribution in [3.8, 4) is 0 Å². The molecule has 0 aromatic rings. The second kappa shape index (κ2) is 8.01. The van der Waals surface area contributed by atoms with Gasteiger partial charge in [0.2, 0.25) is 0 Å². The summed E-state index contributed by atoms with van der Waals surface area (Å²) in [6.45, 7) is 0. The molecule has 0 heterocycles. The molecule has 0 aliphatic heterocycles. The van der Waals surface area contributed by atoms with Gasteiger partial charge in [-0.15, -0.1) is 0 Å². The summed E-state index contributed by atoms with van der Waals surface area (Å²) in [7, 11) is -1.90. The number of esters is 2. The summed E-state index contributed by atoms with van der Waals surface area (Å²) in [4.78, 5) is 22.2. The van der Waals surface area contributed by atoms with E-state index in [9.17, 15) is 22.6 Å². The Bertz CT molecular complexity index is 569. The van der Waals surface area contributed by atoms with Gasteiger partial charge < -0.3 is 14.2 Å². The second-order valence-electron chi connectivity index (χ2n) is 6.83. The molecule has 8 nitrogen and oxygen atoms in total. The van der Waals surface area contributed by atoms with Crippen molar-refractivity contribution in [2.24, 2.45) is 11.8 Å². The number of rotatable bonds is 5. The lowest BCUT2D eigenvalue weighted by molar-refractivity contribution is -0.160. The first-order chi connectivity index (χ1) is 11.7. The van der Waals surface area contributed by atoms with Crippen LogP contribution in [-0.2, 0) is 33.9 Å². The summed E-state index contributed by atoms with van der Waals surface area (Å²) < 4.78 is 49.1. The van der Waals surface area contributed by atoms with Crippen LogP contribution in [0, 0.1) is 11.8 Å². The summed E-state index contributed by atoms with van der Waals surface area (Å²) in [6, 6.07) is 0. The molecule has 0 aromatic heterocycles. The van der Waals surface area contributed by atoms with Gasteiger partial charge in [0.15, 0.2) is 4.93 Å². The number of methoxy groups -OCH3 is 2. The van der Waals surface area contributed by atoms with E-state index in [1.165, 1.54) is 14.2 Å². The Labute approximate surface area is 147 Å². The number of carbonyl (C=O) groups excluding carboxylic acids is 2. The zero-order valence-corrected chi connectivity index (χ0v) is 15.4. The Morgan fingerprint density at radius 1 is 0.920 bits per heavy atom. The molecular formula is C16H26O8S. The van der Waals surface area contributed by atoms with Gasteiger partial charge in [0.25, 0.3) is 10.1 Å². The highest BCUT2D eigenvalue weighted by Crippen LogP contribution is 2.41. The standard InChI is InChI=1S/C16H26O8S/c1-22-14(17)11-8-12(15(18)23-2)10-13(9-11)24-16(25(19,20)21)6-4-3-5-7-16/h11-13H,3-10H2,1-2H3,(H,19,20,21). The molecule has 0 aromatic carbocycles. The maximum atomic E-state index is 12.0. The van der Waals surface area contributed by atoms with Crippen molar-refractivity contribution < 1.29 is 36.8 Å². The molecule has 2 aliphatic rings. The Morgan fingerprint density at radius 2 is 1.40 bits per heavy atom. The summed E-state index contributed by atoms with van der Waals surface area (Å²) >= 11 is 0. The number of hydrogen-bond donors (Lipinski definition) is 1. The van der Waals surface area contributed by atoms with Gasteiger partial charge in [-0.05, 0) is 44.9 Å². The average Bonchev–Trinajstić information content (AvgIpc) is 2.59. The van der Waals surface area contributed by atoms with Crippen molar-refractivity contribution in [2.45, 2.75) is 62.4 Å². The lowest BCUT2D eigenvalue weighted by Crippen LogP contribution is -2.48. The van der Waals surface area contributed by atoms with Crippen LogP contribution in [0.3, 0.4) is 0 Å². The predicted octanol–water partition coefficient (Wildman–Crippen LogP) is 1.68. The van der Waals surface area contributed by atoms with Crippen LogP contribution in [0.25, 0.3) is 0 Å². The lowest BCUT2D eigenvalue weighted by atomic mass is 9.79. The summed E-state index contributed by atoms with van der Waals surface area (Å²) in [5.74, 6) is -2.08. The van der Waals surface area contributed by atoms with Crippen LogP contribution in [0.2, 0.25) is 0 Å². The predicted molar refractivity (Wildman–Crippen MR) is 87.1 cm³/mol. The minimum absolute atomic E-state index is 0.202. The molecule has 0 amide bonds. The Morgan fingerprint density at radius 3 is 1.80 bits per heavy atom. The van der Waals surface area contributed by atoms with Crippen molar-refractivity contribution in [3.05, 3.63) is 0 Å². The molecule has 25 heavy (non-hydrogen) atoms. The average molecular weight is 378 g/mol. The van der Waals surface area contributed by atoms with E-state index in [1.807, 2.05) is 0 Å². The van der Waals surface area contributed by atoms with Crippen LogP contribution in [0.15, 0.2) is 0 Å². The maximum absolute atomic E-state index is 12.0. The SMILES string of the molecule is COC(=O)C1CC(OC2(S(=O)(=O)O)CCCCC2)CC(C(=O)OC)C1. The molecule has 0 saturated heterocycles. The van der Waals surface area contributed by atoms with Crippen LogP contribution in [0.1, 0.15) is 51.4 Å². The maximum Gasteiger partial charge on any atom is 0.308 e. The molecule has 0 spiro atoms. The lowest BCUT2D eigenvalue weighted by Gasteiger charge is -2.40. The van der Waals surface area contributed by atoms with E-state index in [0.29, 0.717) is 12.8 Å². The molecule has 0 radical (unpaired) electrons. The molecule has 144 valence electrons. The van der Waals surface area contributed by atoms with E-state index in [1.54, 1.807) is 0 Å². The van der Waals surface area contributed by atoms with Gasteiger partial charge >= 0.3 is 11.9 Å². The fraction of sp³-hybridized carbons (Fsp3) is 0.875. The highest BCUT2D eigenvalue weighted by atomic mass is 32.2. The molecule has 0 bridgehead atoms. The zero-order chi connectivity index (χ0) is 18.7. The van der Waals surface area contributed by atoms with Gasteiger partial charge in [0.1, 0.15) is 0 Å². The van der Waals surface area contributed by atoms with Crippen molar-refractivity contribution in [1.29, 1.82) is 0 Å². The Balaban J connectivity index is 2.22. The summed E-state index contributed by atoms with van der Waals surface area (Å²) in [5.41, 5.74) is 0. The second-order valence-corrected chi connectivity index (χ2v) is 8.53. The normalized spacial score (nSPS) is 29.6. The molecular weight excluding hydrogens is 352 g/mol. The first kappa shape index (κ1) is 20.1. The highest BCUT2D eigenvalue weighted by Gasteiger charge is 2.49. The van der Waals surface area contributed by atoms with E-state index >= 15 is 0 Å². The molecule has 2 saturated carbocycles. The minimum Gasteiger partial charge on any atom is -0.469 e. The van der Waals surface area contributed by atoms with E-state index in [0.717, 1.165) is 6.42 Å². The fourth-order valence-electron chi connectivity index (χ4n) is 3.91. The largest absolute Gasteiger partial charge is 0.469 e. The first-order valence-corrected chi connectivity index (χ1v) is 9.97. The van der Waals surface area contributed by atoms with Crippen molar-refractivity contribution in [3.63, 3.8) is 0 Å². The molecule has 2 atom stereocenters. The zero-order valence-electron chi connectivity index (χ0n) is 14.6. The van der Waals surface area contributed by atoms with Crippen LogP contribution in [0.5, 0.6) is 0 Å². The topological polar surface area (TPSA) is 116 Å². The Kier molecular flexibility index (Phi) is 6.45. The van der Waals surface area contributed by atoms with Gasteiger partial charge in [-0.25, -0.2) is 0 Å².